The van der Waals surface area contributed by atoms with Gasteiger partial charge in [0.25, 0.3) is 5.91 Å². The lowest BCUT2D eigenvalue weighted by Crippen LogP contribution is -2.34. The number of hydrogen-bond acceptors (Lipinski definition) is 3. The average Bonchev–Trinajstić information content (AvgIpc) is 3.06. The molecule has 2 fully saturated rings. The zero-order valence-electron chi connectivity index (χ0n) is 17.6. The summed E-state index contributed by atoms with van der Waals surface area (Å²) in [6.45, 7) is 4.13. The lowest BCUT2D eigenvalue weighted by atomic mass is 10.1. The van der Waals surface area contributed by atoms with Crippen LogP contribution in [0.1, 0.15) is 43.7 Å². The maximum absolute atomic E-state index is 13.1. The molecule has 2 amide bonds. The third-order valence-corrected chi connectivity index (χ3v) is 6.42. The van der Waals surface area contributed by atoms with Crippen molar-refractivity contribution in [2.45, 2.75) is 45.6 Å². The fourth-order valence-electron chi connectivity index (χ4n) is 4.34. The first kappa shape index (κ1) is 20.6. The molecule has 158 valence electrons. The molecule has 30 heavy (non-hydrogen) atoms. The highest BCUT2D eigenvalue weighted by Gasteiger charge is 2.27. The van der Waals surface area contributed by atoms with Crippen LogP contribution in [0.4, 0.5) is 0 Å². The van der Waals surface area contributed by atoms with Crippen molar-refractivity contribution in [2.24, 2.45) is 0 Å². The first-order valence-electron chi connectivity index (χ1n) is 10.7. The van der Waals surface area contributed by atoms with Crippen molar-refractivity contribution in [3.63, 3.8) is 0 Å². The van der Waals surface area contributed by atoms with Crippen LogP contribution in [0.15, 0.2) is 30.1 Å². The van der Waals surface area contributed by atoms with E-state index in [9.17, 15) is 9.59 Å². The minimum atomic E-state index is -0.145. The van der Waals surface area contributed by atoms with Crippen molar-refractivity contribution in [1.82, 2.24) is 19.7 Å². The summed E-state index contributed by atoms with van der Waals surface area (Å²) in [5, 5.41) is 4.43. The van der Waals surface area contributed by atoms with Gasteiger partial charge in [-0.2, -0.15) is 0 Å². The second-order valence-electron chi connectivity index (χ2n) is 8.03. The monoisotopic (exact) mass is 424 g/mol. The number of likely N-dealkylation sites (tertiary alicyclic amines) is 1. The van der Waals surface area contributed by atoms with Gasteiger partial charge >= 0.3 is 0 Å². The van der Waals surface area contributed by atoms with Gasteiger partial charge in [0.2, 0.25) is 5.91 Å². The van der Waals surface area contributed by atoms with E-state index in [2.05, 4.69) is 28.9 Å². The second kappa shape index (κ2) is 8.60. The summed E-state index contributed by atoms with van der Waals surface area (Å²) in [5.74, 6) is 0.0167. The Bertz CT molecular complexity index is 1030. The molecule has 0 bridgehead atoms. The quantitative estimate of drug-likeness (QED) is 0.604. The van der Waals surface area contributed by atoms with Gasteiger partial charge in [-0.1, -0.05) is 38.0 Å². The van der Waals surface area contributed by atoms with E-state index in [0.717, 1.165) is 48.8 Å². The molecule has 1 aromatic heterocycles. The van der Waals surface area contributed by atoms with Crippen molar-refractivity contribution < 1.29 is 9.59 Å². The van der Waals surface area contributed by atoms with Crippen LogP contribution in [0.25, 0.3) is 17.0 Å². The lowest BCUT2D eigenvalue weighted by Gasteiger charge is -2.21. The number of amides is 2. The number of likely N-dealkylation sites (N-methyl/N-ethyl adjacent to an activating group) is 1. The Morgan fingerprint density at radius 2 is 1.93 bits per heavy atom. The predicted octanol–water partition coefficient (Wildman–Crippen LogP) is 3.29. The van der Waals surface area contributed by atoms with E-state index in [1.54, 1.807) is 7.05 Å². The number of rotatable bonds is 4. The van der Waals surface area contributed by atoms with E-state index in [1.807, 2.05) is 23.2 Å². The van der Waals surface area contributed by atoms with Crippen molar-refractivity contribution in [1.29, 1.82) is 0 Å². The molecule has 2 aliphatic heterocycles. The van der Waals surface area contributed by atoms with E-state index in [-0.39, 0.29) is 11.8 Å². The number of benzene rings is 1. The predicted molar refractivity (Wildman–Crippen MR) is 123 cm³/mol. The van der Waals surface area contributed by atoms with Crippen molar-refractivity contribution in [3.8, 4) is 0 Å². The summed E-state index contributed by atoms with van der Waals surface area (Å²) >= 11 is 5.19. The third-order valence-electron chi connectivity index (χ3n) is 6.04. The van der Waals surface area contributed by atoms with Crippen molar-refractivity contribution in [3.05, 3.63) is 41.2 Å². The van der Waals surface area contributed by atoms with Crippen LogP contribution >= 0.6 is 12.2 Å². The van der Waals surface area contributed by atoms with Gasteiger partial charge in [0, 0.05) is 37.3 Å². The smallest absolute Gasteiger partial charge is 0.276 e. The molecule has 7 heteroatoms. The molecule has 1 aromatic carbocycles. The fraction of sp³-hybridized carbons (Fsp3) is 0.435. The van der Waals surface area contributed by atoms with E-state index in [4.69, 9.17) is 12.2 Å². The van der Waals surface area contributed by atoms with Crippen molar-refractivity contribution in [2.75, 3.05) is 20.1 Å². The maximum Gasteiger partial charge on any atom is 0.276 e. The number of carbonyl (C=O) groups excluding carboxylic acids is 2. The molecule has 2 saturated heterocycles. The molecule has 6 nitrogen and oxygen atoms in total. The number of carbonyl (C=O) groups is 2. The zero-order valence-corrected chi connectivity index (χ0v) is 18.4. The van der Waals surface area contributed by atoms with Gasteiger partial charge in [0.05, 0.1) is 5.52 Å². The first-order chi connectivity index (χ1) is 14.5. The summed E-state index contributed by atoms with van der Waals surface area (Å²) in [4.78, 5) is 28.9. The number of hydrogen-bond donors (Lipinski definition) is 1. The molecule has 0 aliphatic carbocycles. The molecule has 1 N–H and O–H groups in total. The Balaban J connectivity index is 1.72. The minimum absolute atomic E-state index is 0.145. The number of aryl methyl sites for hydroxylation is 1. The number of fused-ring (bicyclic) bond motifs is 1. The molecule has 0 radical (unpaired) electrons. The summed E-state index contributed by atoms with van der Waals surface area (Å²) in [6, 6.07) is 6.19. The van der Waals surface area contributed by atoms with Gasteiger partial charge in [-0.3, -0.25) is 14.5 Å². The first-order valence-corrected chi connectivity index (χ1v) is 11.1. The van der Waals surface area contributed by atoms with Crippen LogP contribution in [0, 0.1) is 0 Å². The van der Waals surface area contributed by atoms with Crippen LogP contribution in [0.3, 0.4) is 0 Å². The summed E-state index contributed by atoms with van der Waals surface area (Å²) in [5.41, 5.74) is 3.63. The Labute approximate surface area is 182 Å². The summed E-state index contributed by atoms with van der Waals surface area (Å²) in [7, 11) is 1.66. The average molecular weight is 425 g/mol. The van der Waals surface area contributed by atoms with Gasteiger partial charge in [-0.15, -0.1) is 0 Å². The summed E-state index contributed by atoms with van der Waals surface area (Å²) in [6.07, 6.45) is 9.26. The molecular weight excluding hydrogens is 396 g/mol. The lowest BCUT2D eigenvalue weighted by molar-refractivity contribution is -0.131. The normalized spacial score (nSPS) is 18.9. The van der Waals surface area contributed by atoms with E-state index in [1.165, 1.54) is 23.3 Å². The van der Waals surface area contributed by atoms with Crippen LogP contribution in [-0.2, 0) is 22.6 Å². The number of thiocarbonyl (C=S) groups is 1. The SMILES string of the molecule is CCc1cccc2c(/C=C3/NC(=S)N(C)C3=O)cn(CC(=O)N3CCCCCC3)c12. The number of aromatic nitrogens is 1. The number of nitrogens with zero attached hydrogens (tertiary/aromatic N) is 3. The fourth-order valence-corrected chi connectivity index (χ4v) is 4.53. The Kier molecular flexibility index (Phi) is 5.90. The molecule has 0 spiro atoms. The van der Waals surface area contributed by atoms with Crippen molar-refractivity contribution >= 4 is 46.1 Å². The largest absolute Gasteiger partial charge is 0.341 e. The van der Waals surface area contributed by atoms with Gasteiger partial charge in [0.1, 0.15) is 12.2 Å². The Morgan fingerprint density at radius 3 is 2.57 bits per heavy atom. The number of nitrogens with one attached hydrogen (secondary N) is 1. The van der Waals surface area contributed by atoms with E-state index >= 15 is 0 Å². The van der Waals surface area contributed by atoms with Crippen LogP contribution in [-0.4, -0.2) is 51.4 Å². The Morgan fingerprint density at radius 1 is 1.20 bits per heavy atom. The zero-order chi connectivity index (χ0) is 21.3. The van der Waals surface area contributed by atoms with E-state index in [0.29, 0.717) is 17.4 Å². The van der Waals surface area contributed by atoms with E-state index < -0.39 is 0 Å². The highest BCUT2D eigenvalue weighted by Crippen LogP contribution is 2.28. The number of para-hydroxylation sites is 1. The molecule has 0 unspecified atom stereocenters. The third kappa shape index (κ3) is 3.86. The van der Waals surface area contributed by atoms with Gasteiger partial charge < -0.3 is 14.8 Å². The topological polar surface area (TPSA) is 57.6 Å². The van der Waals surface area contributed by atoms with Crippen LogP contribution in [0.5, 0.6) is 0 Å². The molecule has 2 aliphatic rings. The minimum Gasteiger partial charge on any atom is -0.341 e. The molecule has 3 heterocycles. The molecular formula is C23H28N4O2S. The van der Waals surface area contributed by atoms with Gasteiger partial charge in [0.15, 0.2) is 5.11 Å². The molecule has 0 atom stereocenters. The van der Waals surface area contributed by atoms with Gasteiger partial charge in [-0.25, -0.2) is 0 Å². The molecule has 0 saturated carbocycles. The van der Waals surface area contributed by atoms with Crippen LogP contribution < -0.4 is 5.32 Å². The highest BCUT2D eigenvalue weighted by atomic mass is 32.1. The van der Waals surface area contributed by atoms with Gasteiger partial charge in [-0.05, 0) is 43.1 Å². The molecule has 4 rings (SSSR count). The summed E-state index contributed by atoms with van der Waals surface area (Å²) < 4.78 is 2.05. The standard InChI is InChI=1S/C23H28N4O2S/c1-3-16-9-8-10-18-17(13-19-22(29)25(2)23(30)24-19)14-27(21(16)18)15-20(28)26-11-6-4-5-7-12-26/h8-10,13-14H,3-7,11-12,15H2,1-2H3,(H,24,30)/b19-13+. The van der Waals surface area contributed by atoms with Crippen LogP contribution in [0.2, 0.25) is 0 Å². The second-order valence-corrected chi connectivity index (χ2v) is 8.41. The highest BCUT2D eigenvalue weighted by molar-refractivity contribution is 7.80. The molecule has 2 aromatic rings. The maximum atomic E-state index is 13.1. The Hall–Kier alpha value is -2.67.